The Morgan fingerprint density at radius 3 is 2.85 bits per heavy atom. The van der Waals surface area contributed by atoms with E-state index >= 15 is 0 Å². The molecule has 1 unspecified atom stereocenters. The molecule has 1 fully saturated rings. The van der Waals surface area contributed by atoms with E-state index in [0.717, 1.165) is 16.7 Å². The number of benzene rings is 1. The van der Waals surface area contributed by atoms with Crippen molar-refractivity contribution in [3.8, 4) is 5.88 Å². The average molecular weight is 504 g/mol. The Labute approximate surface area is 201 Å². The summed E-state index contributed by atoms with van der Waals surface area (Å²) in [6.07, 6.45) is 2.96. The molecule has 1 saturated heterocycles. The fraction of sp³-hybridized carbons (Fsp3) is 0.364. The van der Waals surface area contributed by atoms with E-state index in [1.807, 2.05) is 31.4 Å². The molecule has 1 amide bonds. The van der Waals surface area contributed by atoms with Crippen LogP contribution in [0.5, 0.6) is 5.88 Å². The van der Waals surface area contributed by atoms with Crippen molar-refractivity contribution < 1.29 is 22.7 Å². The zero-order valence-corrected chi connectivity index (χ0v) is 20.5. The first-order valence-corrected chi connectivity index (χ1v) is 13.5. The first-order valence-electron chi connectivity index (χ1n) is 10.6. The van der Waals surface area contributed by atoms with Gasteiger partial charge in [0.15, 0.2) is 9.84 Å². The third-order valence-electron chi connectivity index (χ3n) is 5.07. The van der Waals surface area contributed by atoms with Crippen LogP contribution in [0.3, 0.4) is 0 Å². The molecule has 1 aromatic carbocycles. The lowest BCUT2D eigenvalue weighted by Gasteiger charge is -2.32. The Morgan fingerprint density at radius 2 is 2.09 bits per heavy atom. The maximum Gasteiger partial charge on any atom is 0.256 e. The van der Waals surface area contributed by atoms with E-state index in [1.54, 1.807) is 18.2 Å². The molecule has 0 saturated carbocycles. The number of thioether (sulfide) groups is 1. The molecule has 2 aromatic heterocycles. The van der Waals surface area contributed by atoms with Gasteiger partial charge in [-0.15, -0.1) is 5.10 Å². The predicted molar refractivity (Wildman–Crippen MR) is 128 cm³/mol. The molecule has 3 aromatic rings. The van der Waals surface area contributed by atoms with E-state index in [9.17, 15) is 13.2 Å². The second kappa shape index (κ2) is 10.5. The maximum atomic E-state index is 12.7. The number of hydrogen-bond donors (Lipinski definition) is 0. The summed E-state index contributed by atoms with van der Waals surface area (Å²) < 4.78 is 38.0. The summed E-state index contributed by atoms with van der Waals surface area (Å²) in [4.78, 5) is 22.9. The van der Waals surface area contributed by atoms with Gasteiger partial charge in [0.1, 0.15) is 18.5 Å². The van der Waals surface area contributed by atoms with Gasteiger partial charge in [0.05, 0.1) is 13.2 Å². The molecule has 0 bridgehead atoms. The first kappa shape index (κ1) is 24.2. The molecule has 0 aliphatic carbocycles. The number of sulfone groups is 1. The fourth-order valence-electron chi connectivity index (χ4n) is 3.41. The predicted octanol–water partition coefficient (Wildman–Crippen LogP) is 1.85. The number of carbonyl (C=O) groups excluding carboxylic acids is 1. The molecule has 0 N–H and O–H groups in total. The Morgan fingerprint density at radius 1 is 1.29 bits per heavy atom. The molecule has 1 atom stereocenters. The zero-order valence-electron chi connectivity index (χ0n) is 18.8. The van der Waals surface area contributed by atoms with Gasteiger partial charge in [-0.1, -0.05) is 42.1 Å². The number of aryl methyl sites for hydroxylation is 1. The van der Waals surface area contributed by atoms with Crippen LogP contribution in [0.1, 0.15) is 11.3 Å². The molecule has 10 nitrogen and oxygen atoms in total. The molecular weight excluding hydrogens is 478 g/mol. The van der Waals surface area contributed by atoms with E-state index in [-0.39, 0.29) is 13.2 Å². The van der Waals surface area contributed by atoms with Gasteiger partial charge in [-0.2, -0.15) is 9.50 Å². The number of hydrogen-bond acceptors (Lipinski definition) is 9. The van der Waals surface area contributed by atoms with Crippen LogP contribution >= 0.6 is 11.8 Å². The van der Waals surface area contributed by atoms with Crippen LogP contribution in [0.15, 0.2) is 47.0 Å². The minimum absolute atomic E-state index is 0.164. The summed E-state index contributed by atoms with van der Waals surface area (Å²) in [6.45, 7) is 2.86. The largest absolute Gasteiger partial charge is 0.475 e. The summed E-state index contributed by atoms with van der Waals surface area (Å²) >= 11 is 1.40. The van der Waals surface area contributed by atoms with E-state index in [1.165, 1.54) is 27.3 Å². The summed E-state index contributed by atoms with van der Waals surface area (Å²) in [7, 11) is -3.70. The molecule has 4 rings (SSSR count). The van der Waals surface area contributed by atoms with Gasteiger partial charge in [-0.3, -0.25) is 4.79 Å². The van der Waals surface area contributed by atoms with Crippen molar-refractivity contribution in [1.82, 2.24) is 24.5 Å². The Balaban J connectivity index is 1.36. The van der Waals surface area contributed by atoms with Crippen LogP contribution in [0, 0.1) is 6.92 Å². The van der Waals surface area contributed by atoms with Crippen LogP contribution in [0.25, 0.3) is 11.9 Å². The van der Waals surface area contributed by atoms with Crippen LogP contribution in [0.4, 0.5) is 0 Å². The van der Waals surface area contributed by atoms with Gasteiger partial charge in [0.25, 0.3) is 5.78 Å². The number of rotatable bonds is 8. The minimum atomic E-state index is -3.70. The van der Waals surface area contributed by atoms with Crippen molar-refractivity contribution >= 4 is 39.4 Å². The lowest BCUT2D eigenvalue weighted by atomic mass is 10.2. The highest BCUT2D eigenvalue weighted by Crippen LogP contribution is 2.18. The number of nitrogens with zero attached hydrogens (tertiary/aromatic N) is 5. The second-order valence-electron chi connectivity index (χ2n) is 7.71. The topological polar surface area (TPSA) is 116 Å². The van der Waals surface area contributed by atoms with Gasteiger partial charge in [-0.25, -0.2) is 13.4 Å². The van der Waals surface area contributed by atoms with Crippen LogP contribution in [-0.2, 0) is 19.4 Å². The zero-order chi connectivity index (χ0) is 24.1. The van der Waals surface area contributed by atoms with Gasteiger partial charge >= 0.3 is 0 Å². The smallest absolute Gasteiger partial charge is 0.256 e. The normalized spacial score (nSPS) is 16.9. The lowest BCUT2D eigenvalue weighted by molar-refractivity contribution is -0.137. The number of fused-ring (bicyclic) bond motifs is 1. The molecule has 12 heteroatoms. The second-order valence-corrected chi connectivity index (χ2v) is 10.4. The quantitative estimate of drug-likeness (QED) is 0.425. The summed E-state index contributed by atoms with van der Waals surface area (Å²) in [5, 5.41) is 6.02. The van der Waals surface area contributed by atoms with Gasteiger partial charge in [0.2, 0.25) is 16.9 Å². The number of ether oxygens (including phenoxy) is 2. The molecule has 0 spiro atoms. The number of carbonyl (C=O) groups is 1. The summed E-state index contributed by atoms with van der Waals surface area (Å²) in [5.41, 5.74) is 1.48. The standard InChI is InChI=1S/C22H25N5O5S2/c1-16-12-20(27-21(23-16)24-22(25-27)33-2)32-14-18-13-26(9-10-31-18)19(28)15-34(29,30)11-8-17-6-4-3-5-7-17/h3-8,11-12,18H,9-10,13-15H2,1-2H3/b11-8-. The highest BCUT2D eigenvalue weighted by Gasteiger charge is 2.27. The SMILES string of the molecule is CSc1nc2nc(C)cc(OCC3CN(C(=O)CS(=O)(=O)/C=C\c4ccccc4)CCO3)n2n1. The number of aromatic nitrogens is 4. The van der Waals surface area contributed by atoms with E-state index in [4.69, 9.17) is 9.47 Å². The van der Waals surface area contributed by atoms with Gasteiger partial charge in [-0.05, 0) is 24.8 Å². The third kappa shape index (κ3) is 6.13. The summed E-state index contributed by atoms with van der Waals surface area (Å²) in [5.74, 6) is -0.149. The van der Waals surface area contributed by atoms with Crippen LogP contribution in [0.2, 0.25) is 0 Å². The van der Waals surface area contributed by atoms with Crippen molar-refractivity contribution in [2.24, 2.45) is 0 Å². The Hall–Kier alpha value is -2.96. The van der Waals surface area contributed by atoms with Crippen LogP contribution < -0.4 is 4.74 Å². The van der Waals surface area contributed by atoms with Crippen molar-refractivity contribution in [3.05, 3.63) is 53.1 Å². The molecule has 3 heterocycles. The molecule has 1 aliphatic rings. The first-order chi connectivity index (χ1) is 16.3. The van der Waals surface area contributed by atoms with Crippen molar-refractivity contribution in [3.63, 3.8) is 0 Å². The van der Waals surface area contributed by atoms with Crippen molar-refractivity contribution in [2.45, 2.75) is 18.2 Å². The third-order valence-corrected chi connectivity index (χ3v) is 6.81. The summed E-state index contributed by atoms with van der Waals surface area (Å²) in [6, 6.07) is 10.8. The molecule has 180 valence electrons. The van der Waals surface area contributed by atoms with Crippen LogP contribution in [-0.4, -0.2) is 83.2 Å². The number of morpholine rings is 1. The molecule has 34 heavy (non-hydrogen) atoms. The van der Waals surface area contributed by atoms with Crippen molar-refractivity contribution in [2.75, 3.05) is 38.3 Å². The Bertz CT molecular complexity index is 1290. The molecule has 1 aliphatic heterocycles. The van der Waals surface area contributed by atoms with E-state index < -0.39 is 27.6 Å². The highest BCUT2D eigenvalue weighted by molar-refractivity contribution is 7.98. The minimum Gasteiger partial charge on any atom is -0.475 e. The molecular formula is C22H25N5O5S2. The molecule has 0 radical (unpaired) electrons. The monoisotopic (exact) mass is 503 g/mol. The maximum absolute atomic E-state index is 12.7. The van der Waals surface area contributed by atoms with E-state index in [2.05, 4.69) is 15.1 Å². The fourth-order valence-corrected chi connectivity index (χ4v) is 4.73. The van der Waals surface area contributed by atoms with Gasteiger partial charge < -0.3 is 14.4 Å². The van der Waals surface area contributed by atoms with Gasteiger partial charge in [0, 0.05) is 23.7 Å². The average Bonchev–Trinajstić information content (AvgIpc) is 3.25. The van der Waals surface area contributed by atoms with E-state index in [0.29, 0.717) is 30.0 Å². The highest BCUT2D eigenvalue weighted by atomic mass is 32.2. The lowest BCUT2D eigenvalue weighted by Crippen LogP contribution is -2.49. The number of amides is 1. The Kier molecular flexibility index (Phi) is 7.49. The van der Waals surface area contributed by atoms with Crippen molar-refractivity contribution in [1.29, 1.82) is 0 Å².